The second-order valence-corrected chi connectivity index (χ2v) is 5.49. The number of rotatable bonds is 2. The van der Waals surface area contributed by atoms with Crippen molar-refractivity contribution in [1.82, 2.24) is 10.1 Å². The summed E-state index contributed by atoms with van der Waals surface area (Å²) in [4.78, 5) is 4.36. The molecule has 20 heavy (non-hydrogen) atoms. The lowest BCUT2D eigenvalue weighted by atomic mass is 10.2. The van der Waals surface area contributed by atoms with Crippen molar-refractivity contribution in [2.75, 3.05) is 5.73 Å². The number of aromatic nitrogens is 2. The van der Waals surface area contributed by atoms with E-state index in [1.807, 2.05) is 24.3 Å². The van der Waals surface area contributed by atoms with E-state index in [-0.39, 0.29) is 0 Å². The molecule has 0 unspecified atom stereocenters. The van der Waals surface area contributed by atoms with Crippen LogP contribution in [0, 0.1) is 0 Å². The smallest absolute Gasteiger partial charge is 0.259 e. The van der Waals surface area contributed by atoms with Gasteiger partial charge in [0, 0.05) is 15.7 Å². The SMILES string of the molecule is Nc1ccc(-c2noc(-c3cc(Br)ccc3Cl)n2)cc1. The maximum Gasteiger partial charge on any atom is 0.259 e. The normalized spacial score (nSPS) is 10.7. The van der Waals surface area contributed by atoms with Crippen LogP contribution in [0.5, 0.6) is 0 Å². The zero-order valence-corrected chi connectivity index (χ0v) is 12.5. The lowest BCUT2D eigenvalue weighted by Gasteiger charge is -1.98. The van der Waals surface area contributed by atoms with Crippen molar-refractivity contribution in [1.29, 1.82) is 0 Å². The van der Waals surface area contributed by atoms with Crippen molar-refractivity contribution < 1.29 is 4.52 Å². The van der Waals surface area contributed by atoms with Gasteiger partial charge in [0.25, 0.3) is 5.89 Å². The van der Waals surface area contributed by atoms with Crippen LogP contribution in [0.4, 0.5) is 5.69 Å². The number of nitrogen functional groups attached to an aromatic ring is 1. The zero-order valence-electron chi connectivity index (χ0n) is 10.2. The van der Waals surface area contributed by atoms with Gasteiger partial charge >= 0.3 is 0 Å². The van der Waals surface area contributed by atoms with Crippen LogP contribution in [0.3, 0.4) is 0 Å². The van der Waals surface area contributed by atoms with Crippen LogP contribution < -0.4 is 5.73 Å². The van der Waals surface area contributed by atoms with Gasteiger partial charge in [-0.05, 0) is 42.5 Å². The maximum absolute atomic E-state index is 6.14. The molecule has 0 aliphatic carbocycles. The Kier molecular flexibility index (Phi) is 3.46. The van der Waals surface area contributed by atoms with E-state index in [9.17, 15) is 0 Å². The third-order valence-electron chi connectivity index (χ3n) is 2.75. The van der Waals surface area contributed by atoms with Crippen LogP contribution in [0.15, 0.2) is 51.5 Å². The van der Waals surface area contributed by atoms with Crippen molar-refractivity contribution in [2.24, 2.45) is 0 Å². The standard InChI is InChI=1S/C14H9BrClN3O/c15-9-3-6-12(16)11(7-9)14-18-13(19-20-14)8-1-4-10(17)5-2-8/h1-7H,17H2. The quantitative estimate of drug-likeness (QED) is 0.696. The summed E-state index contributed by atoms with van der Waals surface area (Å²) in [6, 6.07) is 12.7. The van der Waals surface area contributed by atoms with Gasteiger partial charge in [0.2, 0.25) is 5.82 Å². The first-order chi connectivity index (χ1) is 9.63. The van der Waals surface area contributed by atoms with E-state index in [0.717, 1.165) is 10.0 Å². The van der Waals surface area contributed by atoms with Gasteiger partial charge in [0.15, 0.2) is 0 Å². The summed E-state index contributed by atoms with van der Waals surface area (Å²) < 4.78 is 6.17. The predicted molar refractivity (Wildman–Crippen MR) is 82.3 cm³/mol. The molecule has 0 spiro atoms. The third kappa shape index (κ3) is 2.55. The van der Waals surface area contributed by atoms with Gasteiger partial charge in [-0.1, -0.05) is 32.7 Å². The first-order valence-electron chi connectivity index (χ1n) is 5.78. The van der Waals surface area contributed by atoms with Crippen LogP contribution >= 0.6 is 27.5 Å². The van der Waals surface area contributed by atoms with E-state index in [2.05, 4.69) is 26.1 Å². The van der Waals surface area contributed by atoms with E-state index >= 15 is 0 Å². The summed E-state index contributed by atoms with van der Waals surface area (Å²) in [5.41, 5.74) is 7.86. The Bertz CT molecular complexity index is 755. The fourth-order valence-corrected chi connectivity index (χ4v) is 2.30. The van der Waals surface area contributed by atoms with E-state index in [4.69, 9.17) is 21.9 Å². The fraction of sp³-hybridized carbons (Fsp3) is 0. The minimum atomic E-state index is 0.378. The highest BCUT2D eigenvalue weighted by Crippen LogP contribution is 2.30. The van der Waals surface area contributed by atoms with Crippen LogP contribution in [0.25, 0.3) is 22.8 Å². The molecular weight excluding hydrogens is 342 g/mol. The molecule has 100 valence electrons. The second kappa shape index (κ2) is 5.26. The molecule has 1 aromatic heterocycles. The number of hydrogen-bond donors (Lipinski definition) is 1. The highest BCUT2D eigenvalue weighted by Gasteiger charge is 2.13. The molecule has 1 heterocycles. The van der Waals surface area contributed by atoms with Crippen molar-refractivity contribution >= 4 is 33.2 Å². The summed E-state index contributed by atoms with van der Waals surface area (Å²) in [6.07, 6.45) is 0. The largest absolute Gasteiger partial charge is 0.399 e. The molecule has 0 fully saturated rings. The molecule has 3 rings (SSSR count). The topological polar surface area (TPSA) is 64.9 Å². The summed E-state index contributed by atoms with van der Waals surface area (Å²) in [7, 11) is 0. The lowest BCUT2D eigenvalue weighted by molar-refractivity contribution is 0.432. The monoisotopic (exact) mass is 349 g/mol. The van der Waals surface area contributed by atoms with Crippen LogP contribution in [-0.4, -0.2) is 10.1 Å². The second-order valence-electron chi connectivity index (χ2n) is 4.17. The Labute approximate surface area is 128 Å². The van der Waals surface area contributed by atoms with Crippen molar-refractivity contribution in [3.8, 4) is 22.8 Å². The molecule has 0 saturated heterocycles. The summed E-state index contributed by atoms with van der Waals surface area (Å²) in [5, 5.41) is 4.52. The molecule has 0 radical (unpaired) electrons. The summed E-state index contributed by atoms with van der Waals surface area (Å²) in [5.74, 6) is 0.874. The molecule has 0 atom stereocenters. The molecule has 2 N–H and O–H groups in total. The van der Waals surface area contributed by atoms with Gasteiger partial charge in [-0.15, -0.1) is 0 Å². The van der Waals surface area contributed by atoms with Gasteiger partial charge < -0.3 is 10.3 Å². The highest BCUT2D eigenvalue weighted by molar-refractivity contribution is 9.10. The van der Waals surface area contributed by atoms with Crippen LogP contribution in [0.2, 0.25) is 5.02 Å². The molecule has 3 aromatic rings. The third-order valence-corrected chi connectivity index (χ3v) is 3.58. The van der Waals surface area contributed by atoms with Crippen LogP contribution in [-0.2, 0) is 0 Å². The van der Waals surface area contributed by atoms with Crippen molar-refractivity contribution in [3.63, 3.8) is 0 Å². The van der Waals surface area contributed by atoms with Gasteiger partial charge in [0.05, 0.1) is 10.6 Å². The number of nitrogens with two attached hydrogens (primary N) is 1. The average molecular weight is 351 g/mol. The van der Waals surface area contributed by atoms with Gasteiger partial charge in [0.1, 0.15) is 0 Å². The van der Waals surface area contributed by atoms with E-state index < -0.39 is 0 Å². The van der Waals surface area contributed by atoms with Crippen molar-refractivity contribution in [3.05, 3.63) is 52.0 Å². The Hall–Kier alpha value is -1.85. The number of benzene rings is 2. The Morgan fingerprint density at radius 3 is 2.60 bits per heavy atom. The Morgan fingerprint density at radius 2 is 1.85 bits per heavy atom. The Balaban J connectivity index is 2.01. The number of hydrogen-bond acceptors (Lipinski definition) is 4. The first kappa shape index (κ1) is 13.1. The molecule has 0 saturated carbocycles. The molecule has 0 amide bonds. The zero-order chi connectivity index (χ0) is 14.1. The fourth-order valence-electron chi connectivity index (χ4n) is 1.74. The van der Waals surface area contributed by atoms with Crippen LogP contribution in [0.1, 0.15) is 0 Å². The number of nitrogens with zero attached hydrogens (tertiary/aromatic N) is 2. The molecule has 0 bridgehead atoms. The minimum absolute atomic E-state index is 0.378. The lowest BCUT2D eigenvalue weighted by Crippen LogP contribution is -1.85. The maximum atomic E-state index is 6.14. The Morgan fingerprint density at radius 1 is 1.10 bits per heavy atom. The molecular formula is C14H9BrClN3O. The highest BCUT2D eigenvalue weighted by atomic mass is 79.9. The van der Waals surface area contributed by atoms with Crippen molar-refractivity contribution in [2.45, 2.75) is 0 Å². The van der Waals surface area contributed by atoms with Gasteiger partial charge in [-0.25, -0.2) is 0 Å². The van der Waals surface area contributed by atoms with Gasteiger partial charge in [-0.2, -0.15) is 4.98 Å². The summed E-state index contributed by atoms with van der Waals surface area (Å²) >= 11 is 9.53. The minimum Gasteiger partial charge on any atom is -0.399 e. The molecule has 4 nitrogen and oxygen atoms in total. The first-order valence-corrected chi connectivity index (χ1v) is 6.95. The van der Waals surface area contributed by atoms with E-state index in [1.165, 1.54) is 0 Å². The van der Waals surface area contributed by atoms with E-state index in [1.54, 1.807) is 18.2 Å². The number of halogens is 2. The molecule has 2 aromatic carbocycles. The predicted octanol–water partition coefficient (Wildman–Crippen LogP) is 4.40. The average Bonchev–Trinajstić information content (AvgIpc) is 2.92. The molecule has 6 heteroatoms. The summed E-state index contributed by atoms with van der Waals surface area (Å²) in [6.45, 7) is 0. The van der Waals surface area contributed by atoms with E-state index in [0.29, 0.717) is 28.0 Å². The number of anilines is 1. The molecule has 0 aliphatic rings. The molecule has 0 aliphatic heterocycles. The van der Waals surface area contributed by atoms with Gasteiger partial charge in [-0.3, -0.25) is 0 Å².